The normalized spacial score (nSPS) is 13.5. The number of rotatable bonds is 12. The van der Waals surface area contributed by atoms with Crippen LogP contribution in [0.5, 0.6) is 0 Å². The van der Waals surface area contributed by atoms with E-state index >= 15 is 0 Å². The van der Waals surface area contributed by atoms with Crippen LogP contribution in [0.3, 0.4) is 0 Å². The largest absolute Gasteiger partial charge is 1.00 e. The second-order valence-corrected chi connectivity index (χ2v) is 10.5. The first kappa shape index (κ1) is 40.4. The summed E-state index contributed by atoms with van der Waals surface area (Å²) in [6, 6.07) is 0. The van der Waals surface area contributed by atoms with Crippen LogP contribution in [0, 0.1) is 0 Å². The summed E-state index contributed by atoms with van der Waals surface area (Å²) in [5, 5.41) is 0. The van der Waals surface area contributed by atoms with Gasteiger partial charge in [0.15, 0.2) is 0 Å². The Morgan fingerprint density at radius 1 is 0.862 bits per heavy atom. The van der Waals surface area contributed by atoms with Gasteiger partial charge in [-0.3, -0.25) is 0 Å². The summed E-state index contributed by atoms with van der Waals surface area (Å²) in [5.41, 5.74) is 3.75. The summed E-state index contributed by atoms with van der Waals surface area (Å²) >= 11 is 0. The molecular formula is C18H30K3O6PS. The third-order valence-electron chi connectivity index (χ3n) is 3.96. The van der Waals surface area contributed by atoms with Gasteiger partial charge >= 0.3 is 154 Å². The minimum atomic E-state index is -5.44. The van der Waals surface area contributed by atoms with Crippen molar-refractivity contribution >= 4 is 17.7 Å². The second kappa shape index (κ2) is 21.5. The third-order valence-corrected chi connectivity index (χ3v) is 7.37. The average molecular weight is 523 g/mol. The quantitative estimate of drug-likeness (QED) is 0.0829. The molecule has 0 aliphatic heterocycles. The zero-order valence-electron chi connectivity index (χ0n) is 19.1. The van der Waals surface area contributed by atoms with E-state index in [9.17, 15) is 27.3 Å². The van der Waals surface area contributed by atoms with E-state index in [1.807, 2.05) is 13.0 Å². The standard InChI is InChI=1S/C18H33O6PS.3K/c1-15(2)9-7-11-17(4)13-8-12-16(3)10-5-6-14-18(25(19,20)21)26(22,23)24;;;/h9-10,13,18H,5-8,11-12,14H2,1-4H3,(H2,19,20,21)(H,22,23,24);;;/q;3*+1/p-3/b16-10+,17-13+;;;. The van der Waals surface area contributed by atoms with Crippen molar-refractivity contribution in [3.05, 3.63) is 34.9 Å². The van der Waals surface area contributed by atoms with Gasteiger partial charge in [0, 0.05) is 0 Å². The zero-order valence-corrected chi connectivity index (χ0v) is 30.1. The maximum Gasteiger partial charge on any atom is 1.00 e. The molecule has 1 unspecified atom stereocenters. The Hall–Kier alpha value is 4.19. The first-order valence-electron chi connectivity index (χ1n) is 8.75. The molecule has 0 aromatic carbocycles. The number of hydrogen-bond donors (Lipinski definition) is 0. The van der Waals surface area contributed by atoms with Crippen molar-refractivity contribution < 1.29 is 181 Å². The fourth-order valence-electron chi connectivity index (χ4n) is 2.44. The fraction of sp³-hybridized carbons (Fsp3) is 0.667. The van der Waals surface area contributed by atoms with Crippen LogP contribution < -0.4 is 164 Å². The fourth-order valence-corrected chi connectivity index (χ4v) is 4.66. The summed E-state index contributed by atoms with van der Waals surface area (Å²) in [5.74, 6) is 0. The van der Waals surface area contributed by atoms with Crippen LogP contribution in [-0.2, 0) is 14.7 Å². The van der Waals surface area contributed by atoms with Gasteiger partial charge in [0.1, 0.15) is 10.1 Å². The summed E-state index contributed by atoms with van der Waals surface area (Å²) in [6.45, 7) is 8.20. The average Bonchev–Trinajstić information content (AvgIpc) is 2.43. The smallest absolute Gasteiger partial charge is 0.810 e. The molecule has 0 fully saturated rings. The molecule has 0 saturated heterocycles. The summed E-state index contributed by atoms with van der Waals surface area (Å²) in [4.78, 5) is 19.4. The minimum Gasteiger partial charge on any atom is -0.810 e. The molecule has 11 heteroatoms. The predicted molar refractivity (Wildman–Crippen MR) is 100 cm³/mol. The van der Waals surface area contributed by atoms with Crippen molar-refractivity contribution in [2.24, 2.45) is 0 Å². The SMILES string of the molecule is CC(C)=CCC/C(C)=C/CC/C(C)=C/CCCC(P(=O)([O-])[O-])S(=O)(=O)[O-].[K+].[K+].[K+]. The Bertz CT molecular complexity index is 680. The molecule has 0 aromatic rings. The molecule has 0 aliphatic rings. The molecule has 29 heavy (non-hydrogen) atoms. The van der Waals surface area contributed by atoms with E-state index in [0.29, 0.717) is 6.42 Å². The van der Waals surface area contributed by atoms with E-state index in [-0.39, 0.29) is 161 Å². The van der Waals surface area contributed by atoms with Crippen LogP contribution in [0.2, 0.25) is 0 Å². The molecule has 0 N–H and O–H groups in total. The van der Waals surface area contributed by atoms with Crippen molar-refractivity contribution in [2.75, 3.05) is 0 Å². The van der Waals surface area contributed by atoms with Gasteiger partial charge in [-0.1, -0.05) is 42.5 Å². The third kappa shape index (κ3) is 23.7. The van der Waals surface area contributed by atoms with E-state index in [2.05, 4.69) is 32.9 Å². The van der Waals surface area contributed by atoms with Crippen LogP contribution in [0.15, 0.2) is 34.9 Å². The van der Waals surface area contributed by atoms with Crippen molar-refractivity contribution in [3.63, 3.8) is 0 Å². The van der Waals surface area contributed by atoms with Gasteiger partial charge in [-0.25, -0.2) is 8.42 Å². The number of allylic oxidation sites excluding steroid dienone is 6. The Balaban J connectivity index is -0.00000104. The Morgan fingerprint density at radius 3 is 1.66 bits per heavy atom. The molecule has 0 spiro atoms. The van der Waals surface area contributed by atoms with Crippen molar-refractivity contribution in [2.45, 2.75) is 77.6 Å². The first-order chi connectivity index (χ1) is 11.8. The van der Waals surface area contributed by atoms with Gasteiger partial charge in [-0.15, -0.1) is 0 Å². The van der Waals surface area contributed by atoms with Crippen LogP contribution in [0.4, 0.5) is 0 Å². The molecule has 0 bridgehead atoms. The second-order valence-electron chi connectivity index (χ2n) is 6.88. The Morgan fingerprint density at radius 2 is 1.28 bits per heavy atom. The van der Waals surface area contributed by atoms with Gasteiger partial charge < -0.3 is 18.9 Å². The Kier molecular flexibility index (Phi) is 29.9. The zero-order chi connectivity index (χ0) is 20.4. The summed E-state index contributed by atoms with van der Waals surface area (Å²) in [6.07, 6.45) is 10.3. The number of hydrogen-bond acceptors (Lipinski definition) is 6. The molecule has 6 nitrogen and oxygen atoms in total. The molecule has 0 rings (SSSR count). The van der Waals surface area contributed by atoms with E-state index < -0.39 is 29.1 Å². The topological polar surface area (TPSA) is 120 Å². The Labute approximate surface area is 304 Å². The van der Waals surface area contributed by atoms with Gasteiger partial charge in [0.25, 0.3) is 0 Å². The molecule has 152 valence electrons. The van der Waals surface area contributed by atoms with Crippen LogP contribution >= 0.6 is 7.60 Å². The molecular weight excluding hydrogens is 493 g/mol. The van der Waals surface area contributed by atoms with Crippen LogP contribution in [0.25, 0.3) is 0 Å². The first-order valence-corrected chi connectivity index (χ1v) is 11.8. The van der Waals surface area contributed by atoms with Gasteiger partial charge in [0.05, 0.1) is 4.99 Å². The summed E-state index contributed by atoms with van der Waals surface area (Å²) < 4.78 is 43.5. The van der Waals surface area contributed by atoms with Gasteiger partial charge in [0.2, 0.25) is 0 Å². The van der Waals surface area contributed by atoms with E-state index in [0.717, 1.165) is 31.3 Å². The van der Waals surface area contributed by atoms with Crippen molar-refractivity contribution in [1.82, 2.24) is 0 Å². The van der Waals surface area contributed by atoms with Gasteiger partial charge in [-0.2, -0.15) is 0 Å². The maximum atomic E-state index is 10.9. The van der Waals surface area contributed by atoms with E-state index in [1.165, 1.54) is 11.1 Å². The molecule has 0 saturated carbocycles. The van der Waals surface area contributed by atoms with Crippen molar-refractivity contribution in [3.8, 4) is 0 Å². The predicted octanol–water partition coefficient (Wildman–Crippen LogP) is -5.63. The number of unbranched alkanes of at least 4 members (excludes halogenated alkanes) is 1. The van der Waals surface area contributed by atoms with Crippen LogP contribution in [-0.4, -0.2) is 18.0 Å². The van der Waals surface area contributed by atoms with Gasteiger partial charge in [-0.05, 0) is 72.6 Å². The molecule has 0 radical (unpaired) electrons. The van der Waals surface area contributed by atoms with E-state index in [1.54, 1.807) is 0 Å². The summed E-state index contributed by atoms with van der Waals surface area (Å²) in [7, 11) is -10.6. The molecule has 0 aromatic heterocycles. The van der Waals surface area contributed by atoms with E-state index in [4.69, 9.17) is 0 Å². The minimum absolute atomic E-state index is 0. The monoisotopic (exact) mass is 522 g/mol. The van der Waals surface area contributed by atoms with Crippen LogP contribution in [0.1, 0.15) is 72.6 Å². The van der Waals surface area contributed by atoms with Crippen molar-refractivity contribution in [1.29, 1.82) is 0 Å². The molecule has 0 amide bonds. The molecule has 0 aliphatic carbocycles. The maximum absolute atomic E-state index is 10.9. The molecule has 0 heterocycles. The molecule has 1 atom stereocenters.